The van der Waals surface area contributed by atoms with Crippen molar-refractivity contribution in [3.05, 3.63) is 71.2 Å². The number of carbonyl (C=O) groups excluding carboxylic acids is 1. The number of nitrogens with zero attached hydrogens (tertiary/aromatic N) is 1. The summed E-state index contributed by atoms with van der Waals surface area (Å²) in [5, 5.41) is 0. The summed E-state index contributed by atoms with van der Waals surface area (Å²) in [6.07, 6.45) is 1.58. The van der Waals surface area contributed by atoms with E-state index in [2.05, 4.69) is 4.99 Å². The van der Waals surface area contributed by atoms with E-state index >= 15 is 0 Å². The van der Waals surface area contributed by atoms with Crippen molar-refractivity contribution < 1.29 is 18.7 Å². The molecule has 0 fully saturated rings. The highest BCUT2D eigenvalue weighted by Crippen LogP contribution is 2.25. The monoisotopic (exact) mass is 325 g/mol. The number of hydrogen-bond acceptors (Lipinski definition) is 4. The van der Waals surface area contributed by atoms with Gasteiger partial charge < -0.3 is 9.47 Å². The van der Waals surface area contributed by atoms with E-state index in [0.717, 1.165) is 0 Å². The first kappa shape index (κ1) is 15.9. The molecule has 24 heavy (non-hydrogen) atoms. The molecule has 2 aromatic rings. The number of para-hydroxylation sites is 1. The topological polar surface area (TPSA) is 47.9 Å². The second-order valence-corrected chi connectivity index (χ2v) is 5.52. The number of halogens is 1. The molecule has 2 aromatic carbocycles. The molecule has 0 amide bonds. The molecule has 0 bridgehead atoms. The van der Waals surface area contributed by atoms with Crippen molar-refractivity contribution in [2.24, 2.45) is 4.99 Å². The lowest BCUT2D eigenvalue weighted by Gasteiger charge is -2.12. The van der Waals surface area contributed by atoms with Crippen molar-refractivity contribution in [2.75, 3.05) is 0 Å². The van der Waals surface area contributed by atoms with E-state index in [9.17, 15) is 9.18 Å². The van der Waals surface area contributed by atoms with E-state index < -0.39 is 11.8 Å². The third kappa shape index (κ3) is 3.35. The van der Waals surface area contributed by atoms with Gasteiger partial charge in [-0.3, -0.25) is 0 Å². The molecule has 0 N–H and O–H groups in total. The number of ether oxygens (including phenoxy) is 2. The summed E-state index contributed by atoms with van der Waals surface area (Å²) >= 11 is 0. The Morgan fingerprint density at radius 3 is 2.58 bits per heavy atom. The fraction of sp³-hybridized carbons (Fsp3) is 0.158. The maximum absolute atomic E-state index is 13.8. The second kappa shape index (κ2) is 6.66. The van der Waals surface area contributed by atoms with Gasteiger partial charge in [-0.2, -0.15) is 0 Å². The molecule has 0 atom stereocenters. The molecule has 0 spiro atoms. The molecule has 0 saturated heterocycles. The van der Waals surface area contributed by atoms with Crippen LogP contribution in [0, 0.1) is 5.82 Å². The van der Waals surface area contributed by atoms with Gasteiger partial charge in [-0.1, -0.05) is 30.3 Å². The van der Waals surface area contributed by atoms with Gasteiger partial charge in [-0.05, 0) is 38.1 Å². The summed E-state index contributed by atoms with van der Waals surface area (Å²) in [7, 11) is 0. The van der Waals surface area contributed by atoms with Crippen LogP contribution in [0.2, 0.25) is 0 Å². The molecule has 0 saturated carbocycles. The van der Waals surface area contributed by atoms with Crippen LogP contribution in [0.3, 0.4) is 0 Å². The predicted octanol–water partition coefficient (Wildman–Crippen LogP) is 3.96. The average molecular weight is 325 g/mol. The highest BCUT2D eigenvalue weighted by molar-refractivity contribution is 6.13. The van der Waals surface area contributed by atoms with Crippen LogP contribution < -0.4 is 4.74 Å². The summed E-state index contributed by atoms with van der Waals surface area (Å²) in [5.41, 5.74) is 0.964. The van der Waals surface area contributed by atoms with Crippen LogP contribution in [0.15, 0.2) is 59.2 Å². The lowest BCUT2D eigenvalue weighted by atomic mass is 10.1. The van der Waals surface area contributed by atoms with Gasteiger partial charge in [0.1, 0.15) is 11.6 Å². The van der Waals surface area contributed by atoms with Crippen molar-refractivity contribution in [2.45, 2.75) is 20.0 Å². The Balaban J connectivity index is 1.97. The van der Waals surface area contributed by atoms with Gasteiger partial charge in [0.25, 0.3) is 0 Å². The third-order valence-electron chi connectivity index (χ3n) is 3.30. The van der Waals surface area contributed by atoms with Crippen molar-refractivity contribution in [3.63, 3.8) is 0 Å². The minimum Gasteiger partial charge on any atom is -0.490 e. The molecule has 1 aliphatic rings. The van der Waals surface area contributed by atoms with Crippen LogP contribution in [0.1, 0.15) is 25.0 Å². The van der Waals surface area contributed by atoms with E-state index in [4.69, 9.17) is 9.47 Å². The van der Waals surface area contributed by atoms with Crippen LogP contribution in [-0.2, 0) is 9.53 Å². The van der Waals surface area contributed by atoms with Gasteiger partial charge in [-0.15, -0.1) is 0 Å². The summed E-state index contributed by atoms with van der Waals surface area (Å²) in [4.78, 5) is 16.2. The molecule has 0 aromatic heterocycles. The molecule has 1 aliphatic heterocycles. The van der Waals surface area contributed by atoms with Crippen LogP contribution in [-0.4, -0.2) is 18.0 Å². The molecular formula is C19H16FNO3. The summed E-state index contributed by atoms with van der Waals surface area (Å²) in [6.45, 7) is 3.84. The molecule has 5 heteroatoms. The Bertz CT molecular complexity index is 840. The zero-order valence-electron chi connectivity index (χ0n) is 13.3. The molecule has 0 unspecified atom stereocenters. The van der Waals surface area contributed by atoms with E-state index in [1.54, 1.807) is 18.2 Å². The lowest BCUT2D eigenvalue weighted by molar-refractivity contribution is -0.129. The number of carbonyl (C=O) groups is 1. The number of aliphatic imine (C=N–C) groups is 1. The highest BCUT2D eigenvalue weighted by Gasteiger charge is 2.26. The molecule has 122 valence electrons. The fourth-order valence-corrected chi connectivity index (χ4v) is 2.27. The van der Waals surface area contributed by atoms with Gasteiger partial charge >= 0.3 is 5.97 Å². The van der Waals surface area contributed by atoms with Crippen molar-refractivity contribution in [3.8, 4) is 5.75 Å². The third-order valence-corrected chi connectivity index (χ3v) is 3.30. The molecule has 4 nitrogen and oxygen atoms in total. The van der Waals surface area contributed by atoms with Gasteiger partial charge in [0.05, 0.1) is 11.7 Å². The van der Waals surface area contributed by atoms with Crippen LogP contribution >= 0.6 is 0 Å². The average Bonchev–Trinajstić information content (AvgIpc) is 2.90. The normalized spacial score (nSPS) is 15.6. The maximum Gasteiger partial charge on any atom is 0.363 e. The Kier molecular flexibility index (Phi) is 4.42. The number of cyclic esters (lactones) is 1. The first-order valence-electron chi connectivity index (χ1n) is 7.58. The van der Waals surface area contributed by atoms with Gasteiger partial charge in [-0.25, -0.2) is 14.2 Å². The first-order chi connectivity index (χ1) is 11.5. The number of rotatable bonds is 4. The Hall–Kier alpha value is -2.95. The smallest absolute Gasteiger partial charge is 0.363 e. The Morgan fingerprint density at radius 2 is 1.83 bits per heavy atom. The quantitative estimate of drug-likeness (QED) is 0.631. The fourth-order valence-electron chi connectivity index (χ4n) is 2.27. The van der Waals surface area contributed by atoms with Crippen molar-refractivity contribution in [1.29, 1.82) is 0 Å². The standard InChI is InChI=1S/C19H16FNO3/c1-12(2)23-17-10-6-3-7-13(17)11-16-19(22)24-18(21-16)14-8-4-5-9-15(14)20/h3-12H,1-2H3/b16-11-. The van der Waals surface area contributed by atoms with Gasteiger partial charge in [0, 0.05) is 5.56 Å². The second-order valence-electron chi connectivity index (χ2n) is 5.52. The minimum atomic E-state index is -0.618. The highest BCUT2D eigenvalue weighted by atomic mass is 19.1. The lowest BCUT2D eigenvalue weighted by Crippen LogP contribution is -2.07. The van der Waals surface area contributed by atoms with Crippen LogP contribution in [0.25, 0.3) is 6.08 Å². The van der Waals surface area contributed by atoms with E-state index in [-0.39, 0.29) is 23.3 Å². The number of benzene rings is 2. The first-order valence-corrected chi connectivity index (χ1v) is 7.58. The van der Waals surface area contributed by atoms with Crippen molar-refractivity contribution in [1.82, 2.24) is 0 Å². The van der Waals surface area contributed by atoms with Crippen molar-refractivity contribution >= 4 is 17.9 Å². The van der Waals surface area contributed by atoms with E-state index in [1.165, 1.54) is 12.1 Å². The van der Waals surface area contributed by atoms with E-state index in [0.29, 0.717) is 11.3 Å². The summed E-state index contributed by atoms with van der Waals surface area (Å²) in [5.74, 6) is -0.504. The van der Waals surface area contributed by atoms with Gasteiger partial charge in [0.2, 0.25) is 5.90 Å². The SMILES string of the molecule is CC(C)Oc1ccccc1/C=C1\N=C(c2ccccc2F)OC1=O. The molecule has 0 radical (unpaired) electrons. The maximum atomic E-state index is 13.8. The van der Waals surface area contributed by atoms with Crippen LogP contribution in [0.5, 0.6) is 5.75 Å². The predicted molar refractivity (Wildman–Crippen MR) is 89.2 cm³/mol. The molecular weight excluding hydrogens is 309 g/mol. The number of hydrogen-bond donors (Lipinski definition) is 0. The zero-order valence-corrected chi connectivity index (χ0v) is 13.3. The number of esters is 1. The van der Waals surface area contributed by atoms with E-state index in [1.807, 2.05) is 38.1 Å². The Morgan fingerprint density at radius 1 is 1.12 bits per heavy atom. The van der Waals surface area contributed by atoms with Crippen LogP contribution in [0.4, 0.5) is 4.39 Å². The molecule has 0 aliphatic carbocycles. The largest absolute Gasteiger partial charge is 0.490 e. The molecule has 1 heterocycles. The Labute approximate surface area is 139 Å². The summed E-state index contributed by atoms with van der Waals surface area (Å²) < 4.78 is 24.6. The van der Waals surface area contributed by atoms with Gasteiger partial charge in [0.15, 0.2) is 5.70 Å². The minimum absolute atomic E-state index is 0.00226. The summed E-state index contributed by atoms with van der Waals surface area (Å²) in [6, 6.07) is 13.3. The zero-order chi connectivity index (χ0) is 17.1. The molecule has 3 rings (SSSR count).